The van der Waals surface area contributed by atoms with Crippen LogP contribution in [0.15, 0.2) is 0 Å². The van der Waals surface area contributed by atoms with Gasteiger partial charge in [-0.25, -0.2) is 0 Å². The molecule has 2 nitrogen and oxygen atoms in total. The highest BCUT2D eigenvalue weighted by molar-refractivity contribution is 5.86. The molecule has 0 atom stereocenters. The van der Waals surface area contributed by atoms with E-state index in [9.17, 15) is 4.79 Å². The summed E-state index contributed by atoms with van der Waals surface area (Å²) in [6.45, 7) is 6.05. The molecule has 0 aromatic heterocycles. The van der Waals surface area contributed by atoms with Crippen LogP contribution in [0.5, 0.6) is 0 Å². The summed E-state index contributed by atoms with van der Waals surface area (Å²) in [5.74, 6) is 2.64. The van der Waals surface area contributed by atoms with Crippen molar-refractivity contribution in [3.8, 4) is 12.3 Å². The third-order valence-corrected chi connectivity index (χ3v) is 1.90. The Morgan fingerprint density at radius 1 is 1.54 bits per heavy atom. The molecule has 13 heavy (non-hydrogen) atoms. The topological polar surface area (TPSA) is 26.3 Å². The molecule has 0 aliphatic rings. The lowest BCUT2D eigenvalue weighted by Gasteiger charge is -2.22. The fourth-order valence-corrected chi connectivity index (χ4v) is 1.09. The Morgan fingerprint density at radius 3 is 2.62 bits per heavy atom. The van der Waals surface area contributed by atoms with Crippen LogP contribution in [0, 0.1) is 12.3 Å². The van der Waals surface area contributed by atoms with Gasteiger partial charge in [0.1, 0.15) is 5.60 Å². The van der Waals surface area contributed by atoms with Crippen LogP contribution in [0.1, 0.15) is 40.0 Å². The van der Waals surface area contributed by atoms with Crippen LogP contribution in [0.2, 0.25) is 0 Å². The molecule has 0 heterocycles. The lowest BCUT2D eigenvalue weighted by molar-refractivity contribution is -0.139. The van der Waals surface area contributed by atoms with Crippen molar-refractivity contribution in [3.63, 3.8) is 0 Å². The van der Waals surface area contributed by atoms with Gasteiger partial charge in [0.25, 0.3) is 0 Å². The van der Waals surface area contributed by atoms with Crippen molar-refractivity contribution in [2.75, 3.05) is 6.61 Å². The Labute approximate surface area is 80.7 Å². The van der Waals surface area contributed by atoms with Crippen molar-refractivity contribution < 1.29 is 9.53 Å². The molecule has 0 amide bonds. The van der Waals surface area contributed by atoms with E-state index in [2.05, 4.69) is 5.92 Å². The standard InChI is InChI=1S/C11H18O2/c1-5-7-8-9-10(12)11(3,4)13-6-2/h1H,6-9H2,2-4H3. The molecule has 0 saturated carbocycles. The lowest BCUT2D eigenvalue weighted by atomic mass is 9.98. The maximum atomic E-state index is 11.5. The number of unbranched alkanes of at least 4 members (excludes halogenated alkanes) is 1. The van der Waals surface area contributed by atoms with Gasteiger partial charge < -0.3 is 4.74 Å². The molecule has 0 fully saturated rings. The Balaban J connectivity index is 3.88. The number of ketones is 1. The quantitative estimate of drug-likeness (QED) is 0.465. The predicted molar refractivity (Wildman–Crippen MR) is 53.4 cm³/mol. The Hall–Kier alpha value is -0.810. The highest BCUT2D eigenvalue weighted by atomic mass is 16.5. The van der Waals surface area contributed by atoms with E-state index < -0.39 is 5.60 Å². The van der Waals surface area contributed by atoms with E-state index in [-0.39, 0.29) is 5.78 Å². The van der Waals surface area contributed by atoms with Gasteiger partial charge in [-0.05, 0) is 27.2 Å². The minimum atomic E-state index is -0.649. The molecule has 2 heteroatoms. The highest BCUT2D eigenvalue weighted by Gasteiger charge is 2.26. The predicted octanol–water partition coefficient (Wildman–Crippen LogP) is 2.17. The minimum Gasteiger partial charge on any atom is -0.368 e. The average Bonchev–Trinajstić information content (AvgIpc) is 2.04. The molecular weight excluding hydrogens is 164 g/mol. The maximum Gasteiger partial charge on any atom is 0.164 e. The summed E-state index contributed by atoms with van der Waals surface area (Å²) in [4.78, 5) is 11.5. The molecule has 0 bridgehead atoms. The van der Waals surface area contributed by atoms with Crippen LogP contribution in [-0.2, 0) is 9.53 Å². The molecule has 0 aromatic rings. The zero-order valence-electron chi connectivity index (χ0n) is 8.72. The normalized spacial score (nSPS) is 10.9. The molecule has 0 aliphatic heterocycles. The van der Waals surface area contributed by atoms with Crippen molar-refractivity contribution in [2.24, 2.45) is 0 Å². The maximum absolute atomic E-state index is 11.5. The van der Waals surface area contributed by atoms with E-state index in [0.29, 0.717) is 19.4 Å². The smallest absolute Gasteiger partial charge is 0.164 e. The number of rotatable bonds is 6. The fraction of sp³-hybridized carbons (Fsp3) is 0.727. The van der Waals surface area contributed by atoms with Gasteiger partial charge in [0.05, 0.1) is 0 Å². The van der Waals surface area contributed by atoms with E-state index in [1.807, 2.05) is 6.92 Å². The Kier molecular flexibility index (Phi) is 5.41. The zero-order valence-corrected chi connectivity index (χ0v) is 8.72. The van der Waals surface area contributed by atoms with Crippen molar-refractivity contribution >= 4 is 5.78 Å². The lowest BCUT2D eigenvalue weighted by Crippen LogP contribution is -2.34. The van der Waals surface area contributed by atoms with Crippen molar-refractivity contribution in [1.82, 2.24) is 0 Å². The van der Waals surface area contributed by atoms with Crippen LogP contribution in [0.3, 0.4) is 0 Å². The van der Waals surface area contributed by atoms with Gasteiger partial charge in [0.15, 0.2) is 5.78 Å². The van der Waals surface area contributed by atoms with Gasteiger partial charge >= 0.3 is 0 Å². The number of carbonyl (C=O) groups is 1. The first-order valence-corrected chi connectivity index (χ1v) is 4.65. The number of ether oxygens (including phenoxy) is 1. The largest absolute Gasteiger partial charge is 0.368 e. The molecule has 0 unspecified atom stereocenters. The molecule has 0 aromatic carbocycles. The third kappa shape index (κ3) is 4.69. The summed E-state index contributed by atoms with van der Waals surface area (Å²) in [5.41, 5.74) is -0.649. The number of hydrogen-bond acceptors (Lipinski definition) is 2. The van der Waals surface area contributed by atoms with Crippen molar-refractivity contribution in [3.05, 3.63) is 0 Å². The summed E-state index contributed by atoms with van der Waals surface area (Å²) in [6.07, 6.45) is 7.02. The Morgan fingerprint density at radius 2 is 2.15 bits per heavy atom. The van der Waals surface area contributed by atoms with Gasteiger partial charge in [-0.3, -0.25) is 4.79 Å². The van der Waals surface area contributed by atoms with Crippen LogP contribution in [-0.4, -0.2) is 18.0 Å². The fourth-order valence-electron chi connectivity index (χ4n) is 1.09. The SMILES string of the molecule is C#CCCCC(=O)C(C)(C)OCC. The summed E-state index contributed by atoms with van der Waals surface area (Å²) >= 11 is 0. The zero-order chi connectivity index (χ0) is 10.3. The molecule has 0 saturated heterocycles. The second-order valence-corrected chi connectivity index (χ2v) is 3.42. The van der Waals surface area contributed by atoms with E-state index in [4.69, 9.17) is 11.2 Å². The summed E-state index contributed by atoms with van der Waals surface area (Å²) in [5, 5.41) is 0. The average molecular weight is 182 g/mol. The van der Waals surface area contributed by atoms with E-state index in [0.717, 1.165) is 6.42 Å². The number of carbonyl (C=O) groups excluding carboxylic acids is 1. The van der Waals surface area contributed by atoms with E-state index in [1.54, 1.807) is 13.8 Å². The summed E-state index contributed by atoms with van der Waals surface area (Å²) < 4.78 is 5.32. The second kappa shape index (κ2) is 5.77. The highest BCUT2D eigenvalue weighted by Crippen LogP contribution is 2.14. The van der Waals surface area contributed by atoms with E-state index >= 15 is 0 Å². The Bertz CT molecular complexity index is 199. The van der Waals surface area contributed by atoms with Gasteiger partial charge in [-0.15, -0.1) is 12.3 Å². The second-order valence-electron chi connectivity index (χ2n) is 3.42. The molecule has 0 radical (unpaired) electrons. The molecular formula is C11H18O2. The van der Waals surface area contributed by atoms with Gasteiger partial charge in [-0.2, -0.15) is 0 Å². The molecule has 0 spiro atoms. The number of terminal acetylenes is 1. The first-order chi connectivity index (χ1) is 6.04. The first kappa shape index (κ1) is 12.2. The first-order valence-electron chi connectivity index (χ1n) is 4.65. The van der Waals surface area contributed by atoms with Crippen LogP contribution in [0.25, 0.3) is 0 Å². The summed E-state index contributed by atoms with van der Waals surface area (Å²) in [6, 6.07) is 0. The molecule has 0 N–H and O–H groups in total. The van der Waals surface area contributed by atoms with Gasteiger partial charge in [-0.1, -0.05) is 0 Å². The number of Topliss-reactive ketones (excluding diaryl/α,β-unsaturated/α-hetero) is 1. The van der Waals surface area contributed by atoms with E-state index in [1.165, 1.54) is 0 Å². The van der Waals surface area contributed by atoms with Crippen LogP contribution < -0.4 is 0 Å². The third-order valence-electron chi connectivity index (χ3n) is 1.90. The van der Waals surface area contributed by atoms with Gasteiger partial charge in [0, 0.05) is 19.4 Å². The van der Waals surface area contributed by atoms with Crippen molar-refractivity contribution in [1.29, 1.82) is 0 Å². The molecule has 0 rings (SSSR count). The number of hydrogen-bond donors (Lipinski definition) is 0. The van der Waals surface area contributed by atoms with Gasteiger partial charge in [0.2, 0.25) is 0 Å². The monoisotopic (exact) mass is 182 g/mol. The molecule has 74 valence electrons. The molecule has 0 aliphatic carbocycles. The van der Waals surface area contributed by atoms with Crippen LogP contribution >= 0.6 is 0 Å². The minimum absolute atomic E-state index is 0.129. The van der Waals surface area contributed by atoms with Crippen molar-refractivity contribution in [2.45, 2.75) is 45.6 Å². The summed E-state index contributed by atoms with van der Waals surface area (Å²) in [7, 11) is 0. The van der Waals surface area contributed by atoms with Crippen LogP contribution in [0.4, 0.5) is 0 Å².